The first-order valence-electron chi connectivity index (χ1n) is 4.15. The molecule has 11 heavy (non-hydrogen) atoms. The van der Waals surface area contributed by atoms with Gasteiger partial charge in [0.2, 0.25) is 0 Å². The molecular weight excluding hydrogens is 158 g/mol. The molecule has 0 radical (unpaired) electrons. The molecule has 2 unspecified atom stereocenters. The van der Waals surface area contributed by atoms with Gasteiger partial charge in [-0.25, -0.2) is 0 Å². The Bertz CT molecular complexity index is 104. The van der Waals surface area contributed by atoms with Crippen LogP contribution in [-0.2, 0) is 4.74 Å². The Hall–Kier alpha value is 0.270. The SMILES string of the molecule is COCC(C)NC1CCSC1. The van der Waals surface area contributed by atoms with Crippen molar-refractivity contribution >= 4 is 11.8 Å². The molecular formula is C8H17NOS. The van der Waals surface area contributed by atoms with Crippen LogP contribution in [0, 0.1) is 0 Å². The minimum atomic E-state index is 0.503. The summed E-state index contributed by atoms with van der Waals surface area (Å²) in [6.07, 6.45) is 1.32. The topological polar surface area (TPSA) is 21.3 Å². The molecule has 0 aromatic rings. The highest BCUT2D eigenvalue weighted by atomic mass is 32.2. The fourth-order valence-corrected chi connectivity index (χ4v) is 2.53. The fraction of sp³-hybridized carbons (Fsp3) is 1.00. The van der Waals surface area contributed by atoms with E-state index in [1.165, 1.54) is 17.9 Å². The lowest BCUT2D eigenvalue weighted by Gasteiger charge is -2.17. The molecule has 1 aliphatic rings. The molecule has 3 heteroatoms. The van der Waals surface area contributed by atoms with Gasteiger partial charge in [-0.1, -0.05) is 0 Å². The van der Waals surface area contributed by atoms with Crippen molar-refractivity contribution in [1.82, 2.24) is 5.32 Å². The van der Waals surface area contributed by atoms with Crippen molar-refractivity contribution in [3.8, 4) is 0 Å². The second-order valence-corrected chi connectivity index (χ2v) is 4.23. The lowest BCUT2D eigenvalue weighted by Crippen LogP contribution is -2.38. The predicted octanol–water partition coefficient (Wildman–Crippen LogP) is 1.12. The Morgan fingerprint density at radius 2 is 2.55 bits per heavy atom. The zero-order valence-electron chi connectivity index (χ0n) is 7.30. The van der Waals surface area contributed by atoms with Crippen LogP contribution in [0.25, 0.3) is 0 Å². The largest absolute Gasteiger partial charge is 0.383 e. The molecule has 66 valence electrons. The van der Waals surface area contributed by atoms with E-state index in [1.807, 2.05) is 11.8 Å². The summed E-state index contributed by atoms with van der Waals surface area (Å²) in [5.41, 5.74) is 0. The molecule has 1 saturated heterocycles. The number of hydrogen-bond acceptors (Lipinski definition) is 3. The normalized spacial score (nSPS) is 27.3. The average molecular weight is 175 g/mol. The van der Waals surface area contributed by atoms with E-state index in [1.54, 1.807) is 7.11 Å². The maximum Gasteiger partial charge on any atom is 0.0613 e. The van der Waals surface area contributed by atoms with E-state index in [0.717, 1.165) is 12.6 Å². The number of thioether (sulfide) groups is 1. The lowest BCUT2D eigenvalue weighted by molar-refractivity contribution is 0.168. The summed E-state index contributed by atoms with van der Waals surface area (Å²) < 4.78 is 5.04. The molecule has 0 aliphatic carbocycles. The average Bonchev–Trinajstić information content (AvgIpc) is 2.40. The van der Waals surface area contributed by atoms with Crippen LogP contribution in [0.2, 0.25) is 0 Å². The number of methoxy groups -OCH3 is 1. The van der Waals surface area contributed by atoms with Crippen molar-refractivity contribution in [2.75, 3.05) is 25.2 Å². The maximum atomic E-state index is 5.04. The molecule has 2 nitrogen and oxygen atoms in total. The van der Waals surface area contributed by atoms with Crippen LogP contribution in [-0.4, -0.2) is 37.3 Å². The Labute approximate surface area is 73.1 Å². The molecule has 2 atom stereocenters. The Morgan fingerprint density at radius 1 is 1.73 bits per heavy atom. The van der Waals surface area contributed by atoms with Gasteiger partial charge in [0, 0.05) is 24.9 Å². The summed E-state index contributed by atoms with van der Waals surface area (Å²) in [6, 6.07) is 1.23. The van der Waals surface area contributed by atoms with Gasteiger partial charge in [-0.15, -0.1) is 0 Å². The van der Waals surface area contributed by atoms with E-state index in [9.17, 15) is 0 Å². The summed E-state index contributed by atoms with van der Waals surface area (Å²) in [5.74, 6) is 2.59. The van der Waals surface area contributed by atoms with Crippen LogP contribution in [0.15, 0.2) is 0 Å². The minimum Gasteiger partial charge on any atom is -0.383 e. The molecule has 1 heterocycles. The predicted molar refractivity (Wildman–Crippen MR) is 50.2 cm³/mol. The van der Waals surface area contributed by atoms with Gasteiger partial charge in [0.05, 0.1) is 6.61 Å². The molecule has 1 aliphatic heterocycles. The maximum absolute atomic E-state index is 5.04. The van der Waals surface area contributed by atoms with Crippen molar-refractivity contribution in [2.24, 2.45) is 0 Å². The molecule has 0 saturated carbocycles. The Balaban J connectivity index is 2.08. The molecule has 0 aromatic carbocycles. The number of hydrogen-bond donors (Lipinski definition) is 1. The van der Waals surface area contributed by atoms with Crippen molar-refractivity contribution in [1.29, 1.82) is 0 Å². The van der Waals surface area contributed by atoms with Gasteiger partial charge >= 0.3 is 0 Å². The fourth-order valence-electron chi connectivity index (χ4n) is 1.37. The molecule has 0 bridgehead atoms. The van der Waals surface area contributed by atoms with Crippen LogP contribution in [0.5, 0.6) is 0 Å². The van der Waals surface area contributed by atoms with Gasteiger partial charge in [-0.05, 0) is 19.1 Å². The summed E-state index contributed by atoms with van der Waals surface area (Å²) in [4.78, 5) is 0. The standard InChI is InChI=1S/C8H17NOS/c1-7(5-10-2)9-8-3-4-11-6-8/h7-9H,3-6H2,1-2H3. The van der Waals surface area contributed by atoms with Crippen LogP contribution >= 0.6 is 11.8 Å². The van der Waals surface area contributed by atoms with E-state index in [-0.39, 0.29) is 0 Å². The zero-order chi connectivity index (χ0) is 8.10. The third-order valence-electron chi connectivity index (χ3n) is 1.87. The quantitative estimate of drug-likeness (QED) is 0.692. The molecule has 0 aromatic heterocycles. The van der Waals surface area contributed by atoms with E-state index in [0.29, 0.717) is 6.04 Å². The van der Waals surface area contributed by atoms with Crippen molar-refractivity contribution in [3.05, 3.63) is 0 Å². The highest BCUT2D eigenvalue weighted by Crippen LogP contribution is 2.17. The molecule has 0 spiro atoms. The lowest BCUT2D eigenvalue weighted by atomic mass is 10.2. The summed E-state index contributed by atoms with van der Waals surface area (Å²) >= 11 is 2.04. The van der Waals surface area contributed by atoms with Gasteiger partial charge < -0.3 is 10.1 Å². The van der Waals surface area contributed by atoms with Gasteiger partial charge in [0.25, 0.3) is 0 Å². The Morgan fingerprint density at radius 3 is 3.09 bits per heavy atom. The third-order valence-corrected chi connectivity index (χ3v) is 3.03. The molecule has 1 N–H and O–H groups in total. The first kappa shape index (κ1) is 9.36. The smallest absolute Gasteiger partial charge is 0.0613 e. The van der Waals surface area contributed by atoms with E-state index in [4.69, 9.17) is 4.74 Å². The number of ether oxygens (including phenoxy) is 1. The first-order valence-corrected chi connectivity index (χ1v) is 5.31. The summed E-state index contributed by atoms with van der Waals surface area (Å²) in [6.45, 7) is 2.99. The molecule has 1 rings (SSSR count). The second-order valence-electron chi connectivity index (χ2n) is 3.08. The zero-order valence-corrected chi connectivity index (χ0v) is 8.12. The number of nitrogens with one attached hydrogen (secondary N) is 1. The summed E-state index contributed by atoms with van der Waals surface area (Å²) in [7, 11) is 1.75. The van der Waals surface area contributed by atoms with Gasteiger partial charge in [0.1, 0.15) is 0 Å². The van der Waals surface area contributed by atoms with Crippen molar-refractivity contribution in [3.63, 3.8) is 0 Å². The first-order chi connectivity index (χ1) is 5.33. The number of rotatable bonds is 4. The van der Waals surface area contributed by atoms with Crippen molar-refractivity contribution < 1.29 is 4.74 Å². The second kappa shape index (κ2) is 5.01. The molecule has 1 fully saturated rings. The van der Waals surface area contributed by atoms with Crippen molar-refractivity contribution in [2.45, 2.75) is 25.4 Å². The van der Waals surface area contributed by atoms with E-state index < -0.39 is 0 Å². The monoisotopic (exact) mass is 175 g/mol. The van der Waals surface area contributed by atoms with Gasteiger partial charge in [0.15, 0.2) is 0 Å². The third kappa shape index (κ3) is 3.45. The highest BCUT2D eigenvalue weighted by molar-refractivity contribution is 7.99. The van der Waals surface area contributed by atoms with Gasteiger partial charge in [-0.3, -0.25) is 0 Å². The summed E-state index contributed by atoms with van der Waals surface area (Å²) in [5, 5.41) is 3.53. The van der Waals surface area contributed by atoms with Crippen LogP contribution < -0.4 is 5.32 Å². The van der Waals surface area contributed by atoms with Gasteiger partial charge in [-0.2, -0.15) is 11.8 Å². The highest BCUT2D eigenvalue weighted by Gasteiger charge is 2.16. The van der Waals surface area contributed by atoms with Crippen LogP contribution in [0.4, 0.5) is 0 Å². The van der Waals surface area contributed by atoms with E-state index >= 15 is 0 Å². The van der Waals surface area contributed by atoms with Crippen LogP contribution in [0.1, 0.15) is 13.3 Å². The van der Waals surface area contributed by atoms with E-state index in [2.05, 4.69) is 12.2 Å². The minimum absolute atomic E-state index is 0.503. The van der Waals surface area contributed by atoms with Crippen LogP contribution in [0.3, 0.4) is 0 Å². The Kier molecular flexibility index (Phi) is 4.26. The molecule has 0 amide bonds.